The lowest BCUT2D eigenvalue weighted by atomic mass is 9.86. The van der Waals surface area contributed by atoms with Gasteiger partial charge < -0.3 is 14.8 Å². The summed E-state index contributed by atoms with van der Waals surface area (Å²) in [5.41, 5.74) is 1.12. The first-order valence-corrected chi connectivity index (χ1v) is 8.80. The van der Waals surface area contributed by atoms with Gasteiger partial charge in [-0.2, -0.15) is 0 Å². The molecule has 6 heteroatoms. The largest absolute Gasteiger partial charge is 0.466 e. The molecule has 1 aromatic carbocycles. The smallest absolute Gasteiger partial charge is 0.412 e. The second kappa shape index (κ2) is 8.34. The highest BCUT2D eigenvalue weighted by Gasteiger charge is 2.32. The van der Waals surface area contributed by atoms with Crippen LogP contribution in [0.2, 0.25) is 0 Å². The monoisotopic (exact) mass is 348 g/mol. The van der Waals surface area contributed by atoms with Crippen molar-refractivity contribution in [2.45, 2.75) is 52.2 Å². The molecule has 1 amide bonds. The van der Waals surface area contributed by atoms with E-state index < -0.39 is 11.7 Å². The second-order valence-electron chi connectivity index (χ2n) is 7.18. The van der Waals surface area contributed by atoms with Crippen LogP contribution in [0.1, 0.15) is 52.1 Å². The number of ether oxygens (including phenoxy) is 2. The number of anilines is 1. The Morgan fingerprint density at radius 2 is 1.92 bits per heavy atom. The highest BCUT2D eigenvalue weighted by molar-refractivity contribution is 5.84. The number of piperidine rings is 1. The quantitative estimate of drug-likeness (QED) is 0.813. The minimum absolute atomic E-state index is 0.0663. The Balaban J connectivity index is 2.04. The van der Waals surface area contributed by atoms with Gasteiger partial charge in [0.25, 0.3) is 0 Å². The standard InChI is InChI=1S/C19H28N2O4/c1-5-24-17(22)15-7-6-12-20-16(15)13-8-10-14(11-9-13)21-18(23)25-19(2,3)4/h8-11,15-16,20H,5-7,12H2,1-4H3,(H,21,23). The Labute approximate surface area is 149 Å². The first-order valence-electron chi connectivity index (χ1n) is 8.80. The lowest BCUT2D eigenvalue weighted by Crippen LogP contribution is -2.39. The zero-order chi connectivity index (χ0) is 18.4. The normalized spacial score (nSPS) is 20.6. The van der Waals surface area contributed by atoms with E-state index in [0.717, 1.165) is 24.9 Å². The van der Waals surface area contributed by atoms with E-state index in [1.165, 1.54) is 0 Å². The van der Waals surface area contributed by atoms with E-state index in [9.17, 15) is 9.59 Å². The number of carbonyl (C=O) groups is 2. The molecule has 0 spiro atoms. The molecule has 0 aliphatic carbocycles. The molecule has 0 saturated carbocycles. The molecule has 1 heterocycles. The Morgan fingerprint density at radius 3 is 2.52 bits per heavy atom. The fraction of sp³-hybridized carbons (Fsp3) is 0.579. The van der Waals surface area contributed by atoms with Gasteiger partial charge in [-0.3, -0.25) is 10.1 Å². The Kier molecular flexibility index (Phi) is 6.42. The Hall–Kier alpha value is -2.08. The predicted molar refractivity (Wildman–Crippen MR) is 96.4 cm³/mol. The van der Waals surface area contributed by atoms with Crippen LogP contribution in [-0.4, -0.2) is 30.8 Å². The summed E-state index contributed by atoms with van der Waals surface area (Å²) >= 11 is 0. The third kappa shape index (κ3) is 5.74. The number of hydrogen-bond acceptors (Lipinski definition) is 5. The molecule has 2 N–H and O–H groups in total. The van der Waals surface area contributed by atoms with Crippen molar-refractivity contribution < 1.29 is 19.1 Å². The topological polar surface area (TPSA) is 76.7 Å². The SMILES string of the molecule is CCOC(=O)C1CCCNC1c1ccc(NC(=O)OC(C)(C)C)cc1. The Morgan fingerprint density at radius 1 is 1.24 bits per heavy atom. The average Bonchev–Trinajstić information content (AvgIpc) is 2.54. The molecule has 2 atom stereocenters. The van der Waals surface area contributed by atoms with Gasteiger partial charge in [0.1, 0.15) is 5.60 Å². The van der Waals surface area contributed by atoms with Gasteiger partial charge in [-0.25, -0.2) is 4.79 Å². The van der Waals surface area contributed by atoms with Crippen molar-refractivity contribution in [1.82, 2.24) is 5.32 Å². The van der Waals surface area contributed by atoms with Crippen LogP contribution in [-0.2, 0) is 14.3 Å². The number of benzene rings is 1. The van der Waals surface area contributed by atoms with Crippen molar-refractivity contribution in [3.05, 3.63) is 29.8 Å². The number of amides is 1. The molecule has 0 radical (unpaired) electrons. The zero-order valence-corrected chi connectivity index (χ0v) is 15.4. The van der Waals surface area contributed by atoms with Crippen molar-refractivity contribution in [2.24, 2.45) is 5.92 Å². The van der Waals surface area contributed by atoms with E-state index in [2.05, 4.69) is 10.6 Å². The molecule has 1 aromatic rings. The molecular weight excluding hydrogens is 320 g/mol. The fourth-order valence-corrected chi connectivity index (χ4v) is 2.94. The number of carbonyl (C=O) groups excluding carboxylic acids is 2. The summed E-state index contributed by atoms with van der Waals surface area (Å²) in [4.78, 5) is 24.0. The van der Waals surface area contributed by atoms with Crippen LogP contribution in [0.4, 0.5) is 10.5 Å². The summed E-state index contributed by atoms with van der Waals surface area (Å²) in [6.07, 6.45) is 1.28. The van der Waals surface area contributed by atoms with E-state index in [1.807, 2.05) is 52.0 Å². The molecule has 138 valence electrons. The molecule has 1 aliphatic heterocycles. The summed E-state index contributed by atoms with van der Waals surface area (Å²) in [6, 6.07) is 7.41. The number of esters is 1. The molecule has 0 aromatic heterocycles. The lowest BCUT2D eigenvalue weighted by molar-refractivity contribution is -0.150. The Bertz CT molecular complexity index is 592. The second-order valence-corrected chi connectivity index (χ2v) is 7.18. The van der Waals surface area contributed by atoms with Gasteiger partial charge in [0, 0.05) is 11.7 Å². The zero-order valence-electron chi connectivity index (χ0n) is 15.4. The van der Waals surface area contributed by atoms with E-state index in [1.54, 1.807) is 0 Å². The molecule has 25 heavy (non-hydrogen) atoms. The van der Waals surface area contributed by atoms with Crippen LogP contribution in [0.5, 0.6) is 0 Å². The molecular formula is C19H28N2O4. The third-order valence-corrected chi connectivity index (χ3v) is 3.96. The summed E-state index contributed by atoms with van der Waals surface area (Å²) in [5, 5.41) is 6.11. The van der Waals surface area contributed by atoms with Crippen LogP contribution in [0.3, 0.4) is 0 Å². The van der Waals surface area contributed by atoms with Gasteiger partial charge in [-0.05, 0) is 64.8 Å². The van der Waals surface area contributed by atoms with E-state index in [-0.39, 0.29) is 17.9 Å². The lowest BCUT2D eigenvalue weighted by Gasteiger charge is -2.31. The van der Waals surface area contributed by atoms with Crippen LogP contribution >= 0.6 is 0 Å². The first kappa shape index (κ1) is 19.2. The van der Waals surface area contributed by atoms with Gasteiger partial charge in [0.2, 0.25) is 0 Å². The van der Waals surface area contributed by atoms with Gasteiger partial charge in [0.05, 0.1) is 12.5 Å². The first-order chi connectivity index (χ1) is 11.8. The minimum Gasteiger partial charge on any atom is -0.466 e. The number of rotatable bonds is 4. The van der Waals surface area contributed by atoms with Gasteiger partial charge in [0.15, 0.2) is 0 Å². The summed E-state index contributed by atoms with van der Waals surface area (Å²) in [5.74, 6) is -0.339. The molecule has 1 saturated heterocycles. The molecule has 1 aliphatic rings. The minimum atomic E-state index is -0.539. The van der Waals surface area contributed by atoms with Gasteiger partial charge in [-0.1, -0.05) is 12.1 Å². The molecule has 2 rings (SSSR count). The van der Waals surface area contributed by atoms with Crippen LogP contribution in [0.25, 0.3) is 0 Å². The highest BCUT2D eigenvalue weighted by atomic mass is 16.6. The van der Waals surface area contributed by atoms with Crippen molar-refractivity contribution in [3.63, 3.8) is 0 Å². The summed E-state index contributed by atoms with van der Waals surface area (Å²) < 4.78 is 10.4. The highest BCUT2D eigenvalue weighted by Crippen LogP contribution is 2.31. The van der Waals surface area contributed by atoms with Crippen molar-refractivity contribution in [2.75, 3.05) is 18.5 Å². The maximum absolute atomic E-state index is 12.2. The van der Waals surface area contributed by atoms with Crippen LogP contribution in [0, 0.1) is 5.92 Å². The third-order valence-electron chi connectivity index (χ3n) is 3.96. The summed E-state index contributed by atoms with van der Waals surface area (Å²) in [6.45, 7) is 8.54. The van der Waals surface area contributed by atoms with E-state index in [4.69, 9.17) is 9.47 Å². The van der Waals surface area contributed by atoms with Crippen LogP contribution in [0.15, 0.2) is 24.3 Å². The van der Waals surface area contributed by atoms with Crippen molar-refractivity contribution >= 4 is 17.7 Å². The van der Waals surface area contributed by atoms with Gasteiger partial charge >= 0.3 is 12.1 Å². The van der Waals surface area contributed by atoms with Crippen molar-refractivity contribution in [3.8, 4) is 0 Å². The molecule has 0 bridgehead atoms. The fourth-order valence-electron chi connectivity index (χ4n) is 2.94. The molecule has 1 fully saturated rings. The predicted octanol–water partition coefficient (Wildman–Crippen LogP) is 3.64. The molecule has 6 nitrogen and oxygen atoms in total. The van der Waals surface area contributed by atoms with E-state index >= 15 is 0 Å². The average molecular weight is 348 g/mol. The van der Waals surface area contributed by atoms with Gasteiger partial charge in [-0.15, -0.1) is 0 Å². The van der Waals surface area contributed by atoms with Crippen LogP contribution < -0.4 is 10.6 Å². The molecule has 2 unspecified atom stereocenters. The maximum atomic E-state index is 12.2. The van der Waals surface area contributed by atoms with Crippen molar-refractivity contribution in [1.29, 1.82) is 0 Å². The summed E-state index contributed by atoms with van der Waals surface area (Å²) in [7, 11) is 0. The number of hydrogen-bond donors (Lipinski definition) is 2. The maximum Gasteiger partial charge on any atom is 0.412 e. The van der Waals surface area contributed by atoms with E-state index in [0.29, 0.717) is 12.3 Å². The number of nitrogens with one attached hydrogen (secondary N) is 2.